The fraction of sp³-hybridized carbons (Fsp3) is 0.217. The molecule has 31 heavy (non-hydrogen) atoms. The van der Waals surface area contributed by atoms with Crippen LogP contribution in [0.4, 0.5) is 0 Å². The second kappa shape index (κ2) is 8.43. The van der Waals surface area contributed by atoms with Gasteiger partial charge in [-0.3, -0.25) is 9.59 Å². The Morgan fingerprint density at radius 1 is 1.16 bits per heavy atom. The lowest BCUT2D eigenvalue weighted by atomic mass is 9.96. The van der Waals surface area contributed by atoms with Crippen LogP contribution in [0.2, 0.25) is 0 Å². The minimum atomic E-state index is -0.816. The molecule has 8 heteroatoms. The number of imidazole rings is 1. The Labute approximate surface area is 178 Å². The molecule has 0 atom stereocenters. The van der Waals surface area contributed by atoms with Gasteiger partial charge in [0.1, 0.15) is 11.6 Å². The van der Waals surface area contributed by atoms with Crippen LogP contribution < -0.4 is 10.3 Å². The number of fused-ring (bicyclic) bond motifs is 1. The van der Waals surface area contributed by atoms with Crippen LogP contribution in [-0.4, -0.2) is 37.6 Å². The number of carboxylic acids is 1. The quantitative estimate of drug-likeness (QED) is 0.421. The highest BCUT2D eigenvalue weighted by molar-refractivity contribution is 5.77. The first-order chi connectivity index (χ1) is 15.0. The highest BCUT2D eigenvalue weighted by Crippen LogP contribution is 2.33. The van der Waals surface area contributed by atoms with Crippen molar-refractivity contribution >= 4 is 17.1 Å². The van der Waals surface area contributed by atoms with E-state index in [9.17, 15) is 9.59 Å². The molecule has 0 saturated carbocycles. The van der Waals surface area contributed by atoms with Crippen molar-refractivity contribution in [1.29, 1.82) is 0 Å². The first-order valence-corrected chi connectivity index (χ1v) is 9.98. The maximum atomic E-state index is 12.3. The molecule has 0 fully saturated rings. The molecule has 2 aromatic heterocycles. The normalized spacial score (nSPS) is 11.0. The van der Waals surface area contributed by atoms with Gasteiger partial charge in [0.2, 0.25) is 0 Å². The van der Waals surface area contributed by atoms with Gasteiger partial charge in [-0.1, -0.05) is 24.3 Å². The Hall–Kier alpha value is -3.94. The lowest BCUT2D eigenvalue weighted by Gasteiger charge is -2.13. The van der Waals surface area contributed by atoms with E-state index in [0.29, 0.717) is 35.8 Å². The van der Waals surface area contributed by atoms with Crippen molar-refractivity contribution < 1.29 is 14.6 Å². The number of benzene rings is 2. The van der Waals surface area contributed by atoms with Gasteiger partial charge in [0.15, 0.2) is 11.2 Å². The van der Waals surface area contributed by atoms with E-state index in [1.165, 1.54) is 6.33 Å². The average Bonchev–Trinajstić information content (AvgIpc) is 3.22. The smallest absolute Gasteiger partial charge is 0.303 e. The first kappa shape index (κ1) is 20.3. The lowest BCUT2D eigenvalue weighted by Crippen LogP contribution is -2.10. The molecule has 0 bridgehead atoms. The monoisotopic (exact) mass is 418 g/mol. The Morgan fingerprint density at radius 2 is 1.94 bits per heavy atom. The van der Waals surface area contributed by atoms with Crippen molar-refractivity contribution in [3.8, 4) is 28.3 Å². The molecule has 158 valence electrons. The van der Waals surface area contributed by atoms with Gasteiger partial charge in [0.05, 0.1) is 18.5 Å². The van der Waals surface area contributed by atoms with Crippen LogP contribution in [0.1, 0.15) is 24.5 Å². The topological polar surface area (TPSA) is 121 Å². The summed E-state index contributed by atoms with van der Waals surface area (Å²) >= 11 is 0. The summed E-state index contributed by atoms with van der Waals surface area (Å²) in [6, 6.07) is 11.7. The van der Waals surface area contributed by atoms with Gasteiger partial charge in [-0.25, -0.2) is 9.97 Å². The van der Waals surface area contributed by atoms with Crippen LogP contribution in [0.3, 0.4) is 0 Å². The Morgan fingerprint density at radius 3 is 2.71 bits per heavy atom. The molecule has 8 nitrogen and oxygen atoms in total. The van der Waals surface area contributed by atoms with E-state index in [0.717, 1.165) is 22.3 Å². The number of H-pyrrole nitrogens is 2. The molecule has 0 aliphatic rings. The number of hydrogen-bond donors (Lipinski definition) is 3. The number of hydrogen-bond acceptors (Lipinski definition) is 5. The first-order valence-electron chi connectivity index (χ1n) is 9.98. The van der Waals surface area contributed by atoms with Crippen molar-refractivity contribution in [3.63, 3.8) is 0 Å². The van der Waals surface area contributed by atoms with Crippen molar-refractivity contribution in [1.82, 2.24) is 19.9 Å². The zero-order chi connectivity index (χ0) is 22.0. The molecule has 0 aliphatic heterocycles. The largest absolute Gasteiger partial charge is 0.493 e. The van der Waals surface area contributed by atoms with Gasteiger partial charge in [0.25, 0.3) is 5.56 Å². The molecule has 0 unspecified atom stereocenters. The Kier molecular flexibility index (Phi) is 5.53. The van der Waals surface area contributed by atoms with Crippen molar-refractivity contribution in [3.05, 3.63) is 64.2 Å². The van der Waals surface area contributed by atoms with Crippen molar-refractivity contribution in [2.75, 3.05) is 6.61 Å². The molecule has 3 N–H and O–H groups in total. The second-order valence-electron chi connectivity index (χ2n) is 7.19. The number of rotatable bonds is 7. The van der Waals surface area contributed by atoms with Gasteiger partial charge in [-0.15, -0.1) is 0 Å². The van der Waals surface area contributed by atoms with Crippen LogP contribution in [0.5, 0.6) is 5.75 Å². The number of nitrogens with zero attached hydrogens (tertiary/aromatic N) is 2. The summed E-state index contributed by atoms with van der Waals surface area (Å²) in [7, 11) is 0. The summed E-state index contributed by atoms with van der Waals surface area (Å²) in [5.74, 6) is 0.168. The third kappa shape index (κ3) is 4.18. The van der Waals surface area contributed by atoms with E-state index in [2.05, 4.69) is 19.9 Å². The Bertz CT molecular complexity index is 1320. The zero-order valence-corrected chi connectivity index (χ0v) is 17.2. The molecule has 0 amide bonds. The third-order valence-electron chi connectivity index (χ3n) is 5.12. The van der Waals surface area contributed by atoms with Gasteiger partial charge >= 0.3 is 5.97 Å². The highest BCUT2D eigenvalue weighted by Gasteiger charge is 2.14. The van der Waals surface area contributed by atoms with Crippen LogP contribution in [0.25, 0.3) is 33.7 Å². The third-order valence-corrected chi connectivity index (χ3v) is 5.12. The average molecular weight is 418 g/mol. The van der Waals surface area contributed by atoms with E-state index < -0.39 is 5.97 Å². The predicted molar refractivity (Wildman–Crippen MR) is 117 cm³/mol. The number of aryl methyl sites for hydroxylation is 2. The summed E-state index contributed by atoms with van der Waals surface area (Å²) in [6.07, 6.45) is 1.99. The highest BCUT2D eigenvalue weighted by atomic mass is 16.5. The Balaban J connectivity index is 1.76. The van der Waals surface area contributed by atoms with Crippen LogP contribution >= 0.6 is 0 Å². The standard InChI is InChI=1S/C23H22N4O4/c1-3-31-18-11-16(15-5-4-13(2)14(10-15)7-9-19(28)29)6-8-17(18)21-26-22-20(23(30)27-21)24-12-25-22/h4-6,8,10-12H,3,7,9H2,1-2H3,(H,28,29)(H2,24,25,26,27,30). The minimum absolute atomic E-state index is 0.0859. The molecule has 0 aliphatic carbocycles. The van der Waals surface area contributed by atoms with Crippen LogP contribution in [0.15, 0.2) is 47.5 Å². The molecule has 0 saturated heterocycles. The molecule has 2 aromatic carbocycles. The summed E-state index contributed by atoms with van der Waals surface area (Å²) in [5.41, 5.74) is 4.95. The lowest BCUT2D eigenvalue weighted by molar-refractivity contribution is -0.136. The number of aromatic nitrogens is 4. The summed E-state index contributed by atoms with van der Waals surface area (Å²) < 4.78 is 5.85. The summed E-state index contributed by atoms with van der Waals surface area (Å²) in [4.78, 5) is 37.4. The van der Waals surface area contributed by atoms with E-state index in [-0.39, 0.29) is 17.5 Å². The van der Waals surface area contributed by atoms with Crippen molar-refractivity contribution in [2.45, 2.75) is 26.7 Å². The molecule has 0 spiro atoms. The molecule has 4 aromatic rings. The minimum Gasteiger partial charge on any atom is -0.493 e. The maximum Gasteiger partial charge on any atom is 0.303 e. The number of aromatic amines is 2. The molecular formula is C23H22N4O4. The van der Waals surface area contributed by atoms with E-state index in [4.69, 9.17) is 9.84 Å². The number of nitrogens with one attached hydrogen (secondary N) is 2. The number of aliphatic carboxylic acids is 1. The number of ether oxygens (including phenoxy) is 1. The van der Waals surface area contributed by atoms with Crippen LogP contribution in [-0.2, 0) is 11.2 Å². The predicted octanol–water partition coefficient (Wildman–Crippen LogP) is 3.70. The maximum absolute atomic E-state index is 12.3. The van der Waals surface area contributed by atoms with E-state index in [1.54, 1.807) is 0 Å². The fourth-order valence-corrected chi connectivity index (χ4v) is 3.51. The molecular weight excluding hydrogens is 396 g/mol. The van der Waals surface area contributed by atoms with Gasteiger partial charge in [-0.2, -0.15) is 0 Å². The SMILES string of the molecule is CCOc1cc(-c2ccc(C)c(CCC(=O)O)c2)ccc1-c1nc2[nH]cnc2c(=O)[nH]1. The van der Waals surface area contributed by atoms with Gasteiger partial charge in [-0.05, 0) is 54.7 Å². The van der Waals surface area contributed by atoms with Crippen molar-refractivity contribution in [2.24, 2.45) is 0 Å². The van der Waals surface area contributed by atoms with Crippen LogP contribution in [0, 0.1) is 6.92 Å². The van der Waals surface area contributed by atoms with E-state index in [1.807, 2.05) is 50.2 Å². The summed E-state index contributed by atoms with van der Waals surface area (Å²) in [5, 5.41) is 9.00. The van der Waals surface area contributed by atoms with Gasteiger partial charge in [0, 0.05) is 6.42 Å². The number of carboxylic acid groups (broad SMARTS) is 1. The number of carbonyl (C=O) groups is 1. The second-order valence-corrected chi connectivity index (χ2v) is 7.19. The van der Waals surface area contributed by atoms with Gasteiger partial charge < -0.3 is 19.8 Å². The molecule has 0 radical (unpaired) electrons. The fourth-order valence-electron chi connectivity index (χ4n) is 3.51. The van der Waals surface area contributed by atoms with E-state index >= 15 is 0 Å². The molecule has 4 rings (SSSR count). The zero-order valence-electron chi connectivity index (χ0n) is 17.2. The molecule has 2 heterocycles. The summed E-state index contributed by atoms with van der Waals surface area (Å²) in [6.45, 7) is 4.31.